The first-order valence-corrected chi connectivity index (χ1v) is 9.07. The van der Waals surface area contributed by atoms with Crippen molar-refractivity contribution in [2.45, 2.75) is 20.4 Å². The highest BCUT2D eigenvalue weighted by atomic mass is 35.5. The molecule has 0 spiro atoms. The maximum absolute atomic E-state index is 12.1. The predicted octanol–water partition coefficient (Wildman–Crippen LogP) is 3.76. The van der Waals surface area contributed by atoms with Crippen molar-refractivity contribution < 1.29 is 14.4 Å². The van der Waals surface area contributed by atoms with Gasteiger partial charge in [-0.05, 0) is 36.8 Å². The van der Waals surface area contributed by atoms with Crippen LogP contribution in [0.4, 0.5) is 5.69 Å². The average molecular weight is 394 g/mol. The Kier molecular flexibility index (Phi) is 7.17. The monoisotopic (exact) mass is 393 g/mol. The second kappa shape index (κ2) is 9.35. The van der Waals surface area contributed by atoms with Crippen LogP contribution in [0.3, 0.4) is 0 Å². The van der Waals surface area contributed by atoms with Gasteiger partial charge in [-0.1, -0.05) is 28.9 Å². The molecule has 6 nitrogen and oxygen atoms in total. The van der Waals surface area contributed by atoms with Crippen molar-refractivity contribution in [3.63, 3.8) is 0 Å². The zero-order valence-electron chi connectivity index (χ0n) is 14.8. The number of carbonyl (C=O) groups is 2. The Hall–Kier alpha value is -2.38. The topological polar surface area (TPSA) is 71.0 Å². The molecule has 26 heavy (non-hydrogen) atoms. The number of rotatable bonds is 7. The van der Waals surface area contributed by atoms with Gasteiger partial charge in [0.05, 0.1) is 16.6 Å². The van der Waals surface area contributed by atoms with E-state index in [0.717, 1.165) is 10.4 Å². The maximum atomic E-state index is 12.1. The second-order valence-electron chi connectivity index (χ2n) is 5.66. The largest absolute Gasteiger partial charge is 0.385 e. The molecule has 0 bridgehead atoms. The van der Waals surface area contributed by atoms with Crippen LogP contribution in [0.25, 0.3) is 0 Å². The summed E-state index contributed by atoms with van der Waals surface area (Å²) in [6.45, 7) is 3.58. The first kappa shape index (κ1) is 19.9. The predicted molar refractivity (Wildman–Crippen MR) is 105 cm³/mol. The van der Waals surface area contributed by atoms with Gasteiger partial charge in [-0.2, -0.15) is 0 Å². The summed E-state index contributed by atoms with van der Waals surface area (Å²) < 4.78 is 0.696. The fraction of sp³-hybridized carbons (Fsp3) is 0.278. The summed E-state index contributed by atoms with van der Waals surface area (Å²) >= 11 is 7.33. The third-order valence-corrected chi connectivity index (χ3v) is 4.68. The van der Waals surface area contributed by atoms with Gasteiger partial charge in [-0.15, -0.1) is 11.3 Å². The molecule has 1 N–H and O–H groups in total. The molecule has 8 heteroatoms. The number of hydrogen-bond acceptors (Lipinski definition) is 5. The molecule has 0 aliphatic rings. The lowest BCUT2D eigenvalue weighted by molar-refractivity contribution is -0.135. The first-order chi connectivity index (χ1) is 12.3. The molecular weight excluding hydrogens is 374 g/mol. The average Bonchev–Trinajstić information content (AvgIpc) is 2.99. The standard InChI is InChI=1S/C18H20ClN3O3S/c1-12(14-4-6-15(7-5-14)20-13(2)23)21-25-11-18(24)22(3)10-16-8-9-17(19)26-16/h4-9H,10-11H2,1-3H3,(H,20,23)/b21-12+. The smallest absolute Gasteiger partial charge is 0.263 e. The van der Waals surface area contributed by atoms with Crippen LogP contribution in [0.2, 0.25) is 4.34 Å². The van der Waals surface area contributed by atoms with E-state index in [1.54, 1.807) is 37.1 Å². The minimum Gasteiger partial charge on any atom is -0.385 e. The van der Waals surface area contributed by atoms with E-state index in [1.165, 1.54) is 18.3 Å². The summed E-state index contributed by atoms with van der Waals surface area (Å²) in [5.74, 6) is -0.300. The van der Waals surface area contributed by atoms with Gasteiger partial charge in [-0.25, -0.2) is 0 Å². The van der Waals surface area contributed by atoms with E-state index in [-0.39, 0.29) is 18.4 Å². The van der Waals surface area contributed by atoms with Gasteiger partial charge in [0.2, 0.25) is 5.91 Å². The molecule has 0 unspecified atom stereocenters. The zero-order valence-corrected chi connectivity index (χ0v) is 16.4. The number of nitrogens with zero attached hydrogens (tertiary/aromatic N) is 2. The Balaban J connectivity index is 1.84. The number of halogens is 1. The summed E-state index contributed by atoms with van der Waals surface area (Å²) in [5.41, 5.74) is 2.19. The Morgan fingerprint density at radius 1 is 1.19 bits per heavy atom. The van der Waals surface area contributed by atoms with E-state index < -0.39 is 0 Å². The van der Waals surface area contributed by atoms with Crippen LogP contribution < -0.4 is 5.32 Å². The molecule has 0 fully saturated rings. The molecule has 138 valence electrons. The molecule has 1 aromatic heterocycles. The molecule has 0 saturated carbocycles. The van der Waals surface area contributed by atoms with Crippen LogP contribution in [0.5, 0.6) is 0 Å². The Labute approximate surface area is 161 Å². The van der Waals surface area contributed by atoms with Gasteiger partial charge in [-0.3, -0.25) is 9.59 Å². The molecule has 0 aliphatic heterocycles. The van der Waals surface area contributed by atoms with Gasteiger partial charge in [0, 0.05) is 24.5 Å². The third-order valence-electron chi connectivity index (χ3n) is 3.46. The van der Waals surface area contributed by atoms with Crippen LogP contribution in [0, 0.1) is 0 Å². The molecule has 0 radical (unpaired) electrons. The Bertz CT molecular complexity index is 802. The highest BCUT2D eigenvalue weighted by Gasteiger charge is 2.11. The minimum absolute atomic E-state index is 0.126. The summed E-state index contributed by atoms with van der Waals surface area (Å²) in [4.78, 5) is 30.8. The van der Waals surface area contributed by atoms with E-state index >= 15 is 0 Å². The highest BCUT2D eigenvalue weighted by Crippen LogP contribution is 2.22. The number of oxime groups is 1. The van der Waals surface area contributed by atoms with Gasteiger partial charge in [0.25, 0.3) is 5.91 Å². The summed E-state index contributed by atoms with van der Waals surface area (Å²) in [6, 6.07) is 10.9. The molecule has 0 aliphatic carbocycles. The molecule has 1 aromatic carbocycles. The van der Waals surface area contributed by atoms with E-state index in [9.17, 15) is 9.59 Å². The molecule has 2 aromatic rings. The van der Waals surface area contributed by atoms with E-state index in [2.05, 4.69) is 10.5 Å². The number of carbonyl (C=O) groups excluding carboxylic acids is 2. The van der Waals surface area contributed by atoms with Crippen molar-refractivity contribution in [2.24, 2.45) is 5.16 Å². The zero-order chi connectivity index (χ0) is 19.1. The van der Waals surface area contributed by atoms with Crippen molar-refractivity contribution >= 4 is 46.2 Å². The molecule has 0 saturated heterocycles. The number of hydrogen-bond donors (Lipinski definition) is 1. The normalized spacial score (nSPS) is 11.2. The van der Waals surface area contributed by atoms with Gasteiger partial charge >= 0.3 is 0 Å². The first-order valence-electron chi connectivity index (χ1n) is 7.88. The molecule has 2 amide bonds. The summed E-state index contributed by atoms with van der Waals surface area (Å²) in [6.07, 6.45) is 0. The molecule has 1 heterocycles. The fourth-order valence-corrected chi connectivity index (χ4v) is 3.25. The van der Waals surface area contributed by atoms with E-state index in [4.69, 9.17) is 16.4 Å². The molecular formula is C18H20ClN3O3S. The fourth-order valence-electron chi connectivity index (χ4n) is 2.10. The van der Waals surface area contributed by atoms with Crippen molar-refractivity contribution in [3.8, 4) is 0 Å². The minimum atomic E-state index is -0.174. The van der Waals surface area contributed by atoms with Crippen LogP contribution >= 0.6 is 22.9 Å². The van der Waals surface area contributed by atoms with Gasteiger partial charge in [0.1, 0.15) is 0 Å². The van der Waals surface area contributed by atoms with Crippen molar-refractivity contribution in [3.05, 3.63) is 51.2 Å². The van der Waals surface area contributed by atoms with E-state index in [0.29, 0.717) is 22.3 Å². The van der Waals surface area contributed by atoms with Crippen molar-refractivity contribution in [1.82, 2.24) is 4.90 Å². The number of benzene rings is 1. The number of anilines is 1. The summed E-state index contributed by atoms with van der Waals surface area (Å²) in [5, 5.41) is 6.68. The maximum Gasteiger partial charge on any atom is 0.263 e. The van der Waals surface area contributed by atoms with Crippen LogP contribution in [0.1, 0.15) is 24.3 Å². The van der Waals surface area contributed by atoms with Gasteiger partial charge in [0.15, 0.2) is 6.61 Å². The van der Waals surface area contributed by atoms with Crippen molar-refractivity contribution in [1.29, 1.82) is 0 Å². The highest BCUT2D eigenvalue weighted by molar-refractivity contribution is 7.16. The Morgan fingerprint density at radius 2 is 1.88 bits per heavy atom. The number of amides is 2. The van der Waals surface area contributed by atoms with Crippen LogP contribution in [-0.4, -0.2) is 36.1 Å². The lowest BCUT2D eigenvalue weighted by atomic mass is 10.1. The van der Waals surface area contributed by atoms with Crippen molar-refractivity contribution in [2.75, 3.05) is 19.0 Å². The lowest BCUT2D eigenvalue weighted by Crippen LogP contribution is -2.29. The number of thiophene rings is 1. The molecule has 2 rings (SSSR count). The SMILES string of the molecule is CC(=O)Nc1ccc(/C(C)=N/OCC(=O)N(C)Cc2ccc(Cl)s2)cc1. The van der Waals surface area contributed by atoms with E-state index in [1.807, 2.05) is 18.2 Å². The lowest BCUT2D eigenvalue weighted by Gasteiger charge is -2.15. The molecule has 0 atom stereocenters. The van der Waals surface area contributed by atoms with Crippen LogP contribution in [0.15, 0.2) is 41.6 Å². The summed E-state index contributed by atoms with van der Waals surface area (Å²) in [7, 11) is 1.70. The second-order valence-corrected chi connectivity index (χ2v) is 7.46. The Morgan fingerprint density at radius 3 is 2.46 bits per heavy atom. The van der Waals surface area contributed by atoms with Gasteiger partial charge < -0.3 is 15.1 Å². The third kappa shape index (κ3) is 6.16. The quantitative estimate of drug-likeness (QED) is 0.575. The number of nitrogens with one attached hydrogen (secondary N) is 1. The number of likely N-dealkylation sites (N-methyl/N-ethyl adjacent to an activating group) is 1. The van der Waals surface area contributed by atoms with Crippen LogP contribution in [-0.2, 0) is 21.0 Å².